The smallest absolute Gasteiger partial charge is 0.265 e. The number of aromatic nitrogens is 2. The molecule has 4 rings (SSSR count). The average Bonchev–Trinajstić information content (AvgIpc) is 3.05. The molecule has 2 aromatic carbocycles. The third kappa shape index (κ3) is 4.97. The molecular formula is C21H19F3N2O3S2. The van der Waals surface area contributed by atoms with Gasteiger partial charge in [-0.3, -0.25) is 4.55 Å². The van der Waals surface area contributed by atoms with E-state index in [0.717, 1.165) is 23.3 Å². The second kappa shape index (κ2) is 8.68. The molecule has 2 heterocycles. The van der Waals surface area contributed by atoms with Crippen LogP contribution in [0.3, 0.4) is 0 Å². The number of nitrogens with zero attached hydrogens (tertiary/aromatic N) is 2. The van der Waals surface area contributed by atoms with E-state index in [1.165, 1.54) is 22.9 Å². The Kier molecular flexibility index (Phi) is 6.14. The van der Waals surface area contributed by atoms with Crippen molar-refractivity contribution >= 4 is 21.9 Å². The summed E-state index contributed by atoms with van der Waals surface area (Å²) in [5.41, 5.74) is 2.72. The molecule has 0 aliphatic carbocycles. The predicted octanol–water partition coefficient (Wildman–Crippen LogP) is 4.29. The number of thioether (sulfide) groups is 1. The van der Waals surface area contributed by atoms with E-state index >= 15 is 0 Å². The predicted molar refractivity (Wildman–Crippen MR) is 113 cm³/mol. The Morgan fingerprint density at radius 3 is 2.61 bits per heavy atom. The van der Waals surface area contributed by atoms with Crippen LogP contribution in [-0.2, 0) is 28.7 Å². The van der Waals surface area contributed by atoms with E-state index in [1.54, 1.807) is 23.9 Å². The molecule has 5 nitrogen and oxygen atoms in total. The molecule has 0 radical (unpaired) electrons. The maximum Gasteiger partial charge on any atom is 0.265 e. The number of rotatable bonds is 6. The van der Waals surface area contributed by atoms with Crippen molar-refractivity contribution in [2.75, 3.05) is 11.5 Å². The van der Waals surface area contributed by atoms with Gasteiger partial charge in [-0.2, -0.15) is 25.3 Å². The summed E-state index contributed by atoms with van der Waals surface area (Å²) in [4.78, 5) is 0. The Morgan fingerprint density at radius 1 is 1.13 bits per heavy atom. The maximum atomic E-state index is 14.6. The van der Waals surface area contributed by atoms with Crippen LogP contribution in [-0.4, -0.2) is 34.3 Å². The van der Waals surface area contributed by atoms with Crippen LogP contribution in [0.1, 0.15) is 28.4 Å². The zero-order valence-corrected chi connectivity index (χ0v) is 17.9. The van der Waals surface area contributed by atoms with Crippen molar-refractivity contribution in [2.45, 2.75) is 24.5 Å². The number of hydrogen-bond acceptors (Lipinski definition) is 4. The van der Waals surface area contributed by atoms with Gasteiger partial charge in [-0.1, -0.05) is 12.1 Å². The van der Waals surface area contributed by atoms with Gasteiger partial charge in [0.05, 0.1) is 17.1 Å². The lowest BCUT2D eigenvalue weighted by atomic mass is 9.94. The molecular weight excluding hydrogens is 449 g/mol. The minimum Gasteiger partial charge on any atom is -0.286 e. The molecule has 0 saturated heterocycles. The zero-order valence-electron chi connectivity index (χ0n) is 16.3. The van der Waals surface area contributed by atoms with E-state index < -0.39 is 27.5 Å². The first kappa shape index (κ1) is 21.9. The van der Waals surface area contributed by atoms with Crippen molar-refractivity contribution in [1.29, 1.82) is 0 Å². The molecule has 0 saturated carbocycles. The minimum atomic E-state index is -4.21. The van der Waals surface area contributed by atoms with Gasteiger partial charge in [0.25, 0.3) is 10.1 Å². The van der Waals surface area contributed by atoms with Crippen LogP contribution in [0.15, 0.2) is 42.5 Å². The van der Waals surface area contributed by atoms with Gasteiger partial charge < -0.3 is 0 Å². The highest BCUT2D eigenvalue weighted by Crippen LogP contribution is 2.39. The molecule has 1 aromatic heterocycles. The Labute approximate surface area is 182 Å². The standard InChI is InChI=1S/C21H19F3N2O3S2/c22-15-3-1-2-13(9-15)8-14-11-30-12-17-19(6-7-31(27,28)29)25-26(21(14)17)20-5-4-16(23)10-18(20)24/h1-5,9-10,14H,6-8,11-12H2,(H,27,28,29). The van der Waals surface area contributed by atoms with E-state index in [9.17, 15) is 21.6 Å². The van der Waals surface area contributed by atoms with Crippen molar-refractivity contribution in [3.8, 4) is 5.69 Å². The first-order valence-electron chi connectivity index (χ1n) is 9.54. The molecule has 1 atom stereocenters. The van der Waals surface area contributed by atoms with Gasteiger partial charge in [0.1, 0.15) is 17.3 Å². The Hall–Kier alpha value is -2.30. The summed E-state index contributed by atoms with van der Waals surface area (Å²) < 4.78 is 74.8. The van der Waals surface area contributed by atoms with Crippen molar-refractivity contribution in [3.05, 3.63) is 82.4 Å². The third-order valence-electron chi connectivity index (χ3n) is 5.16. The fourth-order valence-electron chi connectivity index (χ4n) is 3.84. The number of fused-ring (bicyclic) bond motifs is 1. The van der Waals surface area contributed by atoms with Crippen LogP contribution in [0.25, 0.3) is 5.69 Å². The summed E-state index contributed by atoms with van der Waals surface area (Å²) in [5, 5.41) is 4.46. The Morgan fingerprint density at radius 2 is 1.90 bits per heavy atom. The number of hydrogen-bond donors (Lipinski definition) is 1. The molecule has 0 amide bonds. The third-order valence-corrected chi connectivity index (χ3v) is 7.02. The summed E-state index contributed by atoms with van der Waals surface area (Å²) in [5.74, 6) is -1.31. The second-order valence-corrected chi connectivity index (χ2v) is 10.0. The fourth-order valence-corrected chi connectivity index (χ4v) is 5.48. The van der Waals surface area contributed by atoms with Crippen LogP contribution in [0.2, 0.25) is 0 Å². The van der Waals surface area contributed by atoms with Crippen LogP contribution >= 0.6 is 11.8 Å². The Bertz CT molecular complexity index is 1230. The van der Waals surface area contributed by atoms with Gasteiger partial charge in [0, 0.05) is 35.5 Å². The summed E-state index contributed by atoms with van der Waals surface area (Å²) in [7, 11) is -4.21. The van der Waals surface area contributed by atoms with Crippen LogP contribution in [0.5, 0.6) is 0 Å². The zero-order chi connectivity index (χ0) is 22.2. The molecule has 0 fully saturated rings. The van der Waals surface area contributed by atoms with Gasteiger partial charge in [-0.15, -0.1) is 0 Å². The van der Waals surface area contributed by atoms with Crippen molar-refractivity contribution in [1.82, 2.24) is 9.78 Å². The molecule has 1 aliphatic heterocycles. The number of aryl methyl sites for hydroxylation is 1. The van der Waals surface area contributed by atoms with Crippen LogP contribution in [0, 0.1) is 17.5 Å². The number of halogens is 3. The van der Waals surface area contributed by atoms with E-state index in [4.69, 9.17) is 4.55 Å². The molecule has 31 heavy (non-hydrogen) atoms. The molecule has 164 valence electrons. The molecule has 10 heteroatoms. The first-order chi connectivity index (χ1) is 14.7. The SMILES string of the molecule is O=S(=O)(O)CCc1nn(-c2ccc(F)cc2F)c2c1CSCC2Cc1cccc(F)c1. The van der Waals surface area contributed by atoms with Gasteiger partial charge in [-0.25, -0.2) is 17.9 Å². The van der Waals surface area contributed by atoms with E-state index in [-0.39, 0.29) is 23.8 Å². The average molecular weight is 469 g/mol. The number of benzene rings is 2. The lowest BCUT2D eigenvalue weighted by Crippen LogP contribution is -2.18. The highest BCUT2D eigenvalue weighted by Gasteiger charge is 2.31. The van der Waals surface area contributed by atoms with Crippen molar-refractivity contribution in [2.24, 2.45) is 0 Å². The van der Waals surface area contributed by atoms with Crippen molar-refractivity contribution in [3.63, 3.8) is 0 Å². The normalized spacial score (nSPS) is 16.3. The summed E-state index contributed by atoms with van der Waals surface area (Å²) in [6, 6.07) is 9.40. The minimum absolute atomic E-state index is 0.0375. The largest absolute Gasteiger partial charge is 0.286 e. The Balaban J connectivity index is 1.81. The summed E-state index contributed by atoms with van der Waals surface area (Å²) in [6.45, 7) is 0. The highest BCUT2D eigenvalue weighted by molar-refractivity contribution is 7.98. The first-order valence-corrected chi connectivity index (χ1v) is 12.3. The molecule has 0 bridgehead atoms. The topological polar surface area (TPSA) is 72.2 Å². The van der Waals surface area contributed by atoms with Crippen LogP contribution < -0.4 is 0 Å². The maximum absolute atomic E-state index is 14.6. The second-order valence-electron chi connectivity index (χ2n) is 7.40. The van der Waals surface area contributed by atoms with Crippen LogP contribution in [0.4, 0.5) is 13.2 Å². The van der Waals surface area contributed by atoms with Gasteiger partial charge >= 0.3 is 0 Å². The summed E-state index contributed by atoms with van der Waals surface area (Å²) in [6.07, 6.45) is 0.439. The lowest BCUT2D eigenvalue weighted by molar-refractivity contribution is 0.482. The van der Waals surface area contributed by atoms with Gasteiger partial charge in [0.15, 0.2) is 5.82 Å². The van der Waals surface area contributed by atoms with E-state index in [2.05, 4.69) is 5.10 Å². The van der Waals surface area contributed by atoms with Gasteiger partial charge in [0.2, 0.25) is 0 Å². The van der Waals surface area contributed by atoms with E-state index in [1.807, 2.05) is 0 Å². The summed E-state index contributed by atoms with van der Waals surface area (Å²) >= 11 is 1.62. The quantitative estimate of drug-likeness (QED) is 0.547. The molecule has 1 aliphatic rings. The lowest BCUT2D eigenvalue weighted by Gasteiger charge is -2.25. The molecule has 1 N–H and O–H groups in total. The monoisotopic (exact) mass is 468 g/mol. The highest BCUT2D eigenvalue weighted by atomic mass is 32.2. The molecule has 3 aromatic rings. The fraction of sp³-hybridized carbons (Fsp3) is 0.286. The van der Waals surface area contributed by atoms with Crippen molar-refractivity contribution < 1.29 is 26.1 Å². The molecule has 0 spiro atoms. The molecule has 1 unspecified atom stereocenters. The van der Waals surface area contributed by atoms with E-state index in [0.29, 0.717) is 29.3 Å². The van der Waals surface area contributed by atoms with Gasteiger partial charge in [-0.05, 0) is 36.2 Å².